The molecule has 0 aromatic heterocycles. The molecule has 1 amide bonds. The Kier molecular flexibility index (Phi) is 4.62. The van der Waals surface area contributed by atoms with E-state index < -0.39 is 0 Å². The average molecular weight is 373 g/mol. The van der Waals surface area contributed by atoms with E-state index in [0.717, 1.165) is 22.0 Å². The first kappa shape index (κ1) is 14.1. The number of piperidine rings is 1. The van der Waals surface area contributed by atoms with Crippen LogP contribution in [-0.2, 0) is 0 Å². The summed E-state index contributed by atoms with van der Waals surface area (Å²) in [7, 11) is 0. The summed E-state index contributed by atoms with van der Waals surface area (Å²) >= 11 is 2.17. The third kappa shape index (κ3) is 3.17. The van der Waals surface area contributed by atoms with Crippen LogP contribution in [0.25, 0.3) is 0 Å². The number of carbonyl (C=O) groups excluding carboxylic acids is 1. The van der Waals surface area contributed by atoms with E-state index in [0.29, 0.717) is 13.1 Å². The lowest BCUT2D eigenvalue weighted by atomic mass is 9.95. The van der Waals surface area contributed by atoms with Gasteiger partial charge in [0.1, 0.15) is 5.84 Å². The standard InChI is InChI=1S/C13H16IN3O2/c14-11-4-2-1-3-10(11)13(18)17-7-5-9(6-8-17)12(15)16-19/h1-4,9,19H,5-8H2,(H2,15,16). The number of carbonyl (C=O) groups is 1. The van der Waals surface area contributed by atoms with Crippen molar-refractivity contribution >= 4 is 34.3 Å². The second-order valence-electron chi connectivity index (χ2n) is 4.57. The predicted molar refractivity (Wildman–Crippen MR) is 81.2 cm³/mol. The largest absolute Gasteiger partial charge is 0.409 e. The zero-order chi connectivity index (χ0) is 13.8. The molecule has 1 aromatic rings. The van der Waals surface area contributed by atoms with E-state index in [4.69, 9.17) is 10.9 Å². The molecule has 0 bridgehead atoms. The number of oxime groups is 1. The number of likely N-dealkylation sites (tertiary alicyclic amines) is 1. The van der Waals surface area contributed by atoms with Crippen molar-refractivity contribution in [3.8, 4) is 0 Å². The average Bonchev–Trinajstić information content (AvgIpc) is 2.46. The third-order valence-electron chi connectivity index (χ3n) is 3.42. The van der Waals surface area contributed by atoms with Gasteiger partial charge >= 0.3 is 0 Å². The van der Waals surface area contributed by atoms with Crippen LogP contribution < -0.4 is 5.73 Å². The molecule has 19 heavy (non-hydrogen) atoms. The van der Waals surface area contributed by atoms with Gasteiger partial charge in [-0.05, 0) is 47.6 Å². The predicted octanol–water partition coefficient (Wildman–Crippen LogP) is 1.89. The molecule has 6 heteroatoms. The van der Waals surface area contributed by atoms with E-state index in [1.54, 1.807) is 0 Å². The minimum Gasteiger partial charge on any atom is -0.409 e. The van der Waals surface area contributed by atoms with Gasteiger partial charge in [-0.15, -0.1) is 0 Å². The Morgan fingerprint density at radius 2 is 2.00 bits per heavy atom. The van der Waals surface area contributed by atoms with E-state index in [-0.39, 0.29) is 17.7 Å². The van der Waals surface area contributed by atoms with Crippen LogP contribution in [0.5, 0.6) is 0 Å². The maximum atomic E-state index is 12.4. The van der Waals surface area contributed by atoms with Gasteiger partial charge < -0.3 is 15.8 Å². The summed E-state index contributed by atoms with van der Waals surface area (Å²) in [5.74, 6) is 0.397. The van der Waals surface area contributed by atoms with Crippen LogP contribution in [-0.4, -0.2) is 34.9 Å². The van der Waals surface area contributed by atoms with Crippen molar-refractivity contribution in [3.63, 3.8) is 0 Å². The zero-order valence-electron chi connectivity index (χ0n) is 10.4. The van der Waals surface area contributed by atoms with Crippen molar-refractivity contribution in [2.24, 2.45) is 16.8 Å². The van der Waals surface area contributed by atoms with Crippen LogP contribution >= 0.6 is 22.6 Å². The molecule has 0 saturated carbocycles. The van der Waals surface area contributed by atoms with Gasteiger partial charge in [0.2, 0.25) is 0 Å². The van der Waals surface area contributed by atoms with Crippen LogP contribution in [0.15, 0.2) is 29.4 Å². The lowest BCUT2D eigenvalue weighted by molar-refractivity contribution is 0.0708. The number of halogens is 1. The highest BCUT2D eigenvalue weighted by atomic mass is 127. The second kappa shape index (κ2) is 6.23. The molecular weight excluding hydrogens is 357 g/mol. The summed E-state index contributed by atoms with van der Waals surface area (Å²) in [6.07, 6.45) is 1.48. The Bertz CT molecular complexity index is 496. The van der Waals surface area contributed by atoms with Crippen LogP contribution in [0, 0.1) is 9.49 Å². The fraction of sp³-hybridized carbons (Fsp3) is 0.385. The third-order valence-corrected chi connectivity index (χ3v) is 4.36. The Morgan fingerprint density at radius 3 is 2.58 bits per heavy atom. The summed E-state index contributed by atoms with van der Waals surface area (Å²) in [4.78, 5) is 14.2. The maximum absolute atomic E-state index is 12.4. The zero-order valence-corrected chi connectivity index (χ0v) is 12.6. The van der Waals surface area contributed by atoms with Crippen molar-refractivity contribution in [3.05, 3.63) is 33.4 Å². The summed E-state index contributed by atoms with van der Waals surface area (Å²) < 4.78 is 0.962. The molecule has 0 atom stereocenters. The molecule has 1 aliphatic heterocycles. The molecular formula is C13H16IN3O2. The molecule has 1 aliphatic rings. The molecule has 1 heterocycles. The van der Waals surface area contributed by atoms with Crippen molar-refractivity contribution in [2.75, 3.05) is 13.1 Å². The van der Waals surface area contributed by atoms with Gasteiger partial charge in [0.25, 0.3) is 5.91 Å². The van der Waals surface area contributed by atoms with Gasteiger partial charge in [0.15, 0.2) is 0 Å². The number of nitrogens with two attached hydrogens (primary N) is 1. The number of hydrogen-bond donors (Lipinski definition) is 2. The maximum Gasteiger partial charge on any atom is 0.254 e. The first-order valence-electron chi connectivity index (χ1n) is 6.14. The topological polar surface area (TPSA) is 78.9 Å². The Hall–Kier alpha value is -1.31. The van der Waals surface area contributed by atoms with Crippen molar-refractivity contribution in [1.82, 2.24) is 4.90 Å². The minimum atomic E-state index is 0.0583. The second-order valence-corrected chi connectivity index (χ2v) is 5.73. The van der Waals surface area contributed by atoms with Crippen molar-refractivity contribution in [1.29, 1.82) is 0 Å². The highest BCUT2D eigenvalue weighted by Gasteiger charge is 2.26. The highest BCUT2D eigenvalue weighted by Crippen LogP contribution is 2.21. The lowest BCUT2D eigenvalue weighted by Gasteiger charge is -2.31. The van der Waals surface area contributed by atoms with E-state index in [9.17, 15) is 4.79 Å². The van der Waals surface area contributed by atoms with Crippen LogP contribution in [0.1, 0.15) is 23.2 Å². The number of amides is 1. The molecule has 5 nitrogen and oxygen atoms in total. The minimum absolute atomic E-state index is 0.0583. The number of nitrogens with zero attached hydrogens (tertiary/aromatic N) is 2. The first-order chi connectivity index (χ1) is 9.13. The van der Waals surface area contributed by atoms with Crippen molar-refractivity contribution < 1.29 is 10.0 Å². The Morgan fingerprint density at radius 1 is 1.37 bits per heavy atom. The number of benzene rings is 1. The monoisotopic (exact) mass is 373 g/mol. The van der Waals surface area contributed by atoms with Gasteiger partial charge in [-0.3, -0.25) is 4.79 Å². The van der Waals surface area contributed by atoms with Crippen LogP contribution in [0.2, 0.25) is 0 Å². The van der Waals surface area contributed by atoms with Gasteiger partial charge in [-0.25, -0.2) is 0 Å². The van der Waals surface area contributed by atoms with E-state index >= 15 is 0 Å². The Balaban J connectivity index is 2.02. The summed E-state index contributed by atoms with van der Waals surface area (Å²) in [5, 5.41) is 11.7. The molecule has 0 unspecified atom stereocenters. The Labute approximate surface area is 125 Å². The summed E-state index contributed by atoms with van der Waals surface area (Å²) in [5.41, 5.74) is 6.34. The fourth-order valence-corrected chi connectivity index (χ4v) is 2.88. The molecule has 0 radical (unpaired) electrons. The quantitative estimate of drug-likeness (QED) is 0.273. The molecule has 1 saturated heterocycles. The van der Waals surface area contributed by atoms with E-state index in [1.807, 2.05) is 29.2 Å². The van der Waals surface area contributed by atoms with E-state index in [2.05, 4.69) is 27.7 Å². The molecule has 1 aromatic carbocycles. The lowest BCUT2D eigenvalue weighted by Crippen LogP contribution is -2.42. The van der Waals surface area contributed by atoms with E-state index in [1.165, 1.54) is 0 Å². The molecule has 1 fully saturated rings. The normalized spacial score (nSPS) is 17.5. The molecule has 102 valence electrons. The SMILES string of the molecule is NC(=NO)C1CCN(C(=O)c2ccccc2I)CC1. The summed E-state index contributed by atoms with van der Waals surface area (Å²) in [6.45, 7) is 1.29. The number of rotatable bonds is 2. The van der Waals surface area contributed by atoms with Gasteiger partial charge in [0, 0.05) is 22.6 Å². The summed E-state index contributed by atoms with van der Waals surface area (Å²) in [6, 6.07) is 7.57. The molecule has 2 rings (SSSR count). The number of amidine groups is 1. The van der Waals surface area contributed by atoms with Crippen LogP contribution in [0.4, 0.5) is 0 Å². The smallest absolute Gasteiger partial charge is 0.254 e. The molecule has 0 aliphatic carbocycles. The van der Waals surface area contributed by atoms with Crippen LogP contribution in [0.3, 0.4) is 0 Å². The number of hydrogen-bond acceptors (Lipinski definition) is 3. The molecule has 3 N–H and O–H groups in total. The van der Waals surface area contributed by atoms with Crippen molar-refractivity contribution in [2.45, 2.75) is 12.8 Å². The molecule has 0 spiro atoms. The van der Waals surface area contributed by atoms with Gasteiger partial charge in [0.05, 0.1) is 5.56 Å². The fourth-order valence-electron chi connectivity index (χ4n) is 2.26. The first-order valence-corrected chi connectivity index (χ1v) is 7.22. The van der Waals surface area contributed by atoms with Gasteiger partial charge in [-0.1, -0.05) is 17.3 Å². The van der Waals surface area contributed by atoms with Gasteiger partial charge in [-0.2, -0.15) is 0 Å². The highest BCUT2D eigenvalue weighted by molar-refractivity contribution is 14.1.